The second-order valence-electron chi connectivity index (χ2n) is 8.24. The van der Waals surface area contributed by atoms with Crippen molar-refractivity contribution >= 4 is 5.91 Å². The summed E-state index contributed by atoms with van der Waals surface area (Å²) in [5.74, 6) is 0.488. The second kappa shape index (κ2) is 6.01. The van der Waals surface area contributed by atoms with Gasteiger partial charge in [-0.15, -0.1) is 0 Å². The molecule has 2 aromatic rings. The van der Waals surface area contributed by atoms with Crippen LogP contribution in [0.1, 0.15) is 59.9 Å². The van der Waals surface area contributed by atoms with Gasteiger partial charge in [-0.2, -0.15) is 5.10 Å². The fourth-order valence-corrected chi connectivity index (χ4v) is 4.62. The average Bonchev–Trinajstić information content (AvgIpc) is 3.12. The normalized spacial score (nSPS) is 22.0. The number of carbonyl (C=O) groups excluding carboxylic acids is 1. The second-order valence-corrected chi connectivity index (χ2v) is 8.24. The van der Waals surface area contributed by atoms with Crippen LogP contribution < -0.4 is 0 Å². The van der Waals surface area contributed by atoms with E-state index in [0.29, 0.717) is 11.6 Å². The van der Waals surface area contributed by atoms with Gasteiger partial charge in [-0.3, -0.25) is 9.48 Å². The molecule has 0 N–H and O–H groups in total. The molecule has 1 saturated heterocycles. The molecule has 0 bridgehead atoms. The fraction of sp³-hybridized carbons (Fsp3) is 0.524. The monoisotopic (exact) mass is 337 g/mol. The first-order chi connectivity index (χ1) is 12.0. The first-order valence-corrected chi connectivity index (χ1v) is 9.36. The first kappa shape index (κ1) is 16.4. The van der Waals surface area contributed by atoms with Crippen LogP contribution in [0.25, 0.3) is 0 Å². The molecule has 0 spiro atoms. The van der Waals surface area contributed by atoms with E-state index < -0.39 is 0 Å². The Labute approximate surface area is 149 Å². The van der Waals surface area contributed by atoms with Crippen molar-refractivity contribution in [2.24, 2.45) is 12.5 Å². The molecular formula is C21H27N3O. The zero-order chi connectivity index (χ0) is 17.6. The number of likely N-dealkylation sites (tertiary alicyclic amines) is 1. The van der Waals surface area contributed by atoms with Crippen LogP contribution >= 0.6 is 0 Å². The summed E-state index contributed by atoms with van der Waals surface area (Å²) >= 11 is 0. The van der Waals surface area contributed by atoms with Crippen LogP contribution in [0.3, 0.4) is 0 Å². The van der Waals surface area contributed by atoms with Gasteiger partial charge in [0.15, 0.2) is 5.69 Å². The first-order valence-electron chi connectivity index (χ1n) is 9.36. The number of aromatic nitrogens is 2. The molecule has 2 aliphatic rings. The molecule has 1 aliphatic carbocycles. The van der Waals surface area contributed by atoms with E-state index in [4.69, 9.17) is 0 Å². The van der Waals surface area contributed by atoms with E-state index in [1.54, 1.807) is 0 Å². The Kier molecular flexibility index (Phi) is 3.94. The van der Waals surface area contributed by atoms with E-state index in [0.717, 1.165) is 32.4 Å². The molecule has 1 atom stereocenters. The number of amides is 1. The summed E-state index contributed by atoms with van der Waals surface area (Å²) in [6.45, 7) is 6.11. The maximum atomic E-state index is 13.2. The van der Waals surface area contributed by atoms with E-state index in [2.05, 4.69) is 49.3 Å². The molecule has 1 fully saturated rings. The predicted octanol–water partition coefficient (Wildman–Crippen LogP) is 3.56. The summed E-state index contributed by atoms with van der Waals surface area (Å²) in [7, 11) is 1.97. The van der Waals surface area contributed by atoms with Crippen molar-refractivity contribution in [1.82, 2.24) is 14.7 Å². The molecule has 0 radical (unpaired) electrons. The molecule has 2 heterocycles. The molecule has 1 unspecified atom stereocenters. The van der Waals surface area contributed by atoms with E-state index in [1.165, 1.54) is 23.2 Å². The highest BCUT2D eigenvalue weighted by Gasteiger charge is 2.43. The lowest BCUT2D eigenvalue weighted by atomic mass is 9.78. The lowest BCUT2D eigenvalue weighted by molar-refractivity contribution is 0.0770. The van der Waals surface area contributed by atoms with Crippen molar-refractivity contribution in [3.8, 4) is 0 Å². The average molecular weight is 337 g/mol. The summed E-state index contributed by atoms with van der Waals surface area (Å²) in [6, 6.07) is 10.6. The van der Waals surface area contributed by atoms with Crippen molar-refractivity contribution in [2.75, 3.05) is 13.1 Å². The van der Waals surface area contributed by atoms with E-state index in [9.17, 15) is 4.79 Å². The van der Waals surface area contributed by atoms with Crippen LogP contribution in [0, 0.1) is 5.41 Å². The molecule has 1 aromatic carbocycles. The fourth-order valence-electron chi connectivity index (χ4n) is 4.62. The van der Waals surface area contributed by atoms with Gasteiger partial charge in [0.05, 0.1) is 0 Å². The highest BCUT2D eigenvalue weighted by Crippen LogP contribution is 2.42. The molecule has 1 amide bonds. The third kappa shape index (κ3) is 2.78. The van der Waals surface area contributed by atoms with Crippen LogP contribution in [0.5, 0.6) is 0 Å². The highest BCUT2D eigenvalue weighted by molar-refractivity contribution is 5.94. The Hall–Kier alpha value is -2.10. The minimum atomic E-state index is 0.0753. The Morgan fingerprint density at radius 3 is 2.64 bits per heavy atom. The van der Waals surface area contributed by atoms with Crippen LogP contribution in [0.2, 0.25) is 0 Å². The van der Waals surface area contributed by atoms with Gasteiger partial charge in [0.1, 0.15) is 0 Å². The van der Waals surface area contributed by atoms with Gasteiger partial charge in [-0.25, -0.2) is 0 Å². The molecular weight excluding hydrogens is 310 g/mol. The summed E-state index contributed by atoms with van der Waals surface area (Å²) in [5, 5.41) is 4.61. The van der Waals surface area contributed by atoms with Gasteiger partial charge in [-0.05, 0) is 36.7 Å². The minimum absolute atomic E-state index is 0.0753. The maximum Gasteiger partial charge on any atom is 0.274 e. The third-order valence-electron chi connectivity index (χ3n) is 6.00. The van der Waals surface area contributed by atoms with Crippen LogP contribution in [0.4, 0.5) is 0 Å². The standard InChI is InChI=1S/C21H27N3O/c1-21(2)14-24(13-17(21)15-9-5-4-6-10-15)20(25)19-16-11-7-8-12-18(16)23(3)22-19/h4-6,9-10,17H,7-8,11-14H2,1-3H3. The van der Waals surface area contributed by atoms with Gasteiger partial charge < -0.3 is 4.90 Å². The molecule has 4 rings (SSSR count). The van der Waals surface area contributed by atoms with E-state index in [-0.39, 0.29) is 11.3 Å². The summed E-state index contributed by atoms with van der Waals surface area (Å²) in [4.78, 5) is 15.3. The maximum absolute atomic E-state index is 13.2. The molecule has 1 aromatic heterocycles. The molecule has 25 heavy (non-hydrogen) atoms. The number of fused-ring (bicyclic) bond motifs is 1. The van der Waals surface area contributed by atoms with Gasteiger partial charge >= 0.3 is 0 Å². The van der Waals surface area contributed by atoms with Crippen molar-refractivity contribution in [2.45, 2.75) is 45.4 Å². The topological polar surface area (TPSA) is 38.1 Å². The van der Waals surface area contributed by atoms with E-state index >= 15 is 0 Å². The summed E-state index contributed by atoms with van der Waals surface area (Å²) in [6.07, 6.45) is 4.40. The smallest absolute Gasteiger partial charge is 0.274 e. The summed E-state index contributed by atoms with van der Waals surface area (Å²) < 4.78 is 1.93. The van der Waals surface area contributed by atoms with Crippen LogP contribution in [-0.2, 0) is 19.9 Å². The zero-order valence-electron chi connectivity index (χ0n) is 15.5. The van der Waals surface area contributed by atoms with Gasteiger partial charge in [-0.1, -0.05) is 44.2 Å². The van der Waals surface area contributed by atoms with Crippen molar-refractivity contribution < 1.29 is 4.79 Å². The third-order valence-corrected chi connectivity index (χ3v) is 6.00. The van der Waals surface area contributed by atoms with Gasteiger partial charge in [0.2, 0.25) is 0 Å². The number of hydrogen-bond donors (Lipinski definition) is 0. The molecule has 4 nitrogen and oxygen atoms in total. The molecule has 132 valence electrons. The number of aryl methyl sites for hydroxylation is 1. The molecule has 4 heteroatoms. The lowest BCUT2D eigenvalue weighted by Crippen LogP contribution is -2.31. The highest BCUT2D eigenvalue weighted by atomic mass is 16.2. The Bertz CT molecular complexity index is 791. The molecule has 0 saturated carbocycles. The lowest BCUT2D eigenvalue weighted by Gasteiger charge is -2.25. The van der Waals surface area contributed by atoms with Gasteiger partial charge in [0.25, 0.3) is 5.91 Å². The number of carbonyl (C=O) groups is 1. The number of benzene rings is 1. The number of nitrogens with zero attached hydrogens (tertiary/aromatic N) is 3. The Morgan fingerprint density at radius 2 is 1.88 bits per heavy atom. The van der Waals surface area contributed by atoms with Crippen LogP contribution in [0.15, 0.2) is 30.3 Å². The number of rotatable bonds is 2. The van der Waals surface area contributed by atoms with Crippen molar-refractivity contribution in [1.29, 1.82) is 0 Å². The quantitative estimate of drug-likeness (QED) is 0.840. The largest absolute Gasteiger partial charge is 0.336 e. The molecule has 1 aliphatic heterocycles. The Morgan fingerprint density at radius 1 is 1.16 bits per heavy atom. The van der Waals surface area contributed by atoms with Crippen molar-refractivity contribution in [3.05, 3.63) is 52.8 Å². The SMILES string of the molecule is Cn1nc(C(=O)N2CC(c3ccccc3)C(C)(C)C2)c2c1CCCC2. The van der Waals surface area contributed by atoms with Gasteiger partial charge in [0, 0.05) is 37.3 Å². The number of hydrogen-bond acceptors (Lipinski definition) is 2. The predicted molar refractivity (Wildman–Crippen MR) is 98.7 cm³/mol. The van der Waals surface area contributed by atoms with Crippen molar-refractivity contribution in [3.63, 3.8) is 0 Å². The zero-order valence-corrected chi connectivity index (χ0v) is 15.5. The summed E-state index contributed by atoms with van der Waals surface area (Å²) in [5.41, 5.74) is 4.55. The Balaban J connectivity index is 1.62. The van der Waals surface area contributed by atoms with E-state index in [1.807, 2.05) is 16.6 Å². The van der Waals surface area contributed by atoms with Crippen LogP contribution in [-0.4, -0.2) is 33.7 Å². The minimum Gasteiger partial charge on any atom is -0.336 e.